The monoisotopic (exact) mass is 606 g/mol. The molecule has 0 radical (unpaired) electrons. The Labute approximate surface area is 225 Å². The van der Waals surface area contributed by atoms with E-state index < -0.39 is 0 Å². The number of nitrogens with zero attached hydrogens (tertiary/aromatic N) is 2. The van der Waals surface area contributed by atoms with Gasteiger partial charge in [0.2, 0.25) is 0 Å². The normalized spacial score (nSPS) is 8.85. The largest absolute Gasteiger partial charge is 4.00 e. The summed E-state index contributed by atoms with van der Waals surface area (Å²) < 4.78 is 1.25. The summed E-state index contributed by atoms with van der Waals surface area (Å²) in [5.74, 6) is 0.0694. The summed E-state index contributed by atoms with van der Waals surface area (Å²) in [7, 11) is 0. The summed E-state index contributed by atoms with van der Waals surface area (Å²) in [6.07, 6.45) is 3.24. The maximum Gasteiger partial charge on any atom is 4.00 e. The van der Waals surface area contributed by atoms with Gasteiger partial charge < -0.3 is 20.4 Å². The van der Waals surface area contributed by atoms with Gasteiger partial charge in [-0.25, -0.2) is 0 Å². The van der Waals surface area contributed by atoms with E-state index in [-0.39, 0.29) is 46.4 Å². The fourth-order valence-corrected chi connectivity index (χ4v) is 2.43. The topological polar surface area (TPSA) is 118 Å². The average Bonchev–Trinajstić information content (AvgIpc) is 2.85. The first-order chi connectivity index (χ1) is 15.5. The number of aromatic nitrogens is 2. The molecule has 6 nitrogen and oxygen atoms in total. The Balaban J connectivity index is 0.000000410. The molecule has 168 valence electrons. The van der Waals surface area contributed by atoms with Crippen LogP contribution >= 0.6 is 31.9 Å². The van der Waals surface area contributed by atoms with Crippen LogP contribution in [0.15, 0.2) is 106 Å². The van der Waals surface area contributed by atoms with Crippen LogP contribution in [-0.2, 0) is 34.9 Å². The van der Waals surface area contributed by atoms with Crippen molar-refractivity contribution in [1.29, 1.82) is 0 Å². The van der Waals surface area contributed by atoms with E-state index in [0.717, 1.165) is 0 Å². The number of hydrogen-bond acceptors (Lipinski definition) is 6. The zero-order valence-electron chi connectivity index (χ0n) is 17.4. The molecule has 0 saturated carbocycles. The Morgan fingerprint density at radius 2 is 0.879 bits per heavy atom. The van der Waals surface area contributed by atoms with Crippen molar-refractivity contribution in [2.24, 2.45) is 0 Å². The molecule has 0 aliphatic rings. The van der Waals surface area contributed by atoms with Gasteiger partial charge in [-0.2, -0.15) is 0 Å². The van der Waals surface area contributed by atoms with Crippen molar-refractivity contribution in [3.8, 4) is 11.5 Å². The average molecular weight is 608 g/mol. The predicted octanol–water partition coefficient (Wildman–Crippen LogP) is 2.93. The Bertz CT molecular complexity index is 888. The predicted molar refractivity (Wildman–Crippen MR) is 123 cm³/mol. The number of para-hydroxylation sites is 2. The maximum absolute atomic E-state index is 10.6. The van der Waals surface area contributed by atoms with Gasteiger partial charge in [0.05, 0.1) is 0 Å². The van der Waals surface area contributed by atoms with E-state index >= 15 is 0 Å². The number of rotatable bonds is 2. The standard InChI is InChI=1S/2C6H5BrO.2C6H6NO.Ti/c2*7-5-3-1-2-4-6(5)8;2*8-5-6-3-1-2-4-7-6;/h2*1-4,8H;2*1-4H,5H2;/q;;2*-1;+4/p-2. The summed E-state index contributed by atoms with van der Waals surface area (Å²) in [5, 5.41) is 41.3. The molecule has 0 fully saturated rings. The number of pyridine rings is 2. The molecule has 0 amide bonds. The fraction of sp³-hybridized carbons (Fsp3) is 0.0833. The van der Waals surface area contributed by atoms with Crippen LogP contribution in [0.3, 0.4) is 0 Å². The summed E-state index contributed by atoms with van der Waals surface area (Å²) in [6, 6.07) is 24.2. The van der Waals surface area contributed by atoms with Gasteiger partial charge in [0.1, 0.15) is 0 Å². The molecule has 0 atom stereocenters. The number of halogens is 2. The minimum absolute atomic E-state index is 0. The summed E-state index contributed by atoms with van der Waals surface area (Å²) in [4.78, 5) is 7.57. The minimum Gasteiger partial charge on any atom is -0.872 e. The van der Waals surface area contributed by atoms with Gasteiger partial charge in [-0.15, -0.1) is 0 Å². The molecule has 0 aliphatic carbocycles. The molecule has 33 heavy (non-hydrogen) atoms. The van der Waals surface area contributed by atoms with E-state index in [1.54, 1.807) is 73.1 Å². The maximum atomic E-state index is 10.6. The zero-order chi connectivity index (χ0) is 23.6. The van der Waals surface area contributed by atoms with Gasteiger partial charge in [0, 0.05) is 32.7 Å². The van der Waals surface area contributed by atoms with Crippen LogP contribution in [0.25, 0.3) is 0 Å². The first-order valence-electron chi connectivity index (χ1n) is 9.27. The molecular weight excluding hydrogens is 588 g/mol. The molecule has 0 aliphatic heterocycles. The second-order valence-corrected chi connectivity index (χ2v) is 7.50. The van der Waals surface area contributed by atoms with Crippen molar-refractivity contribution in [3.63, 3.8) is 0 Å². The molecule has 0 saturated heterocycles. The van der Waals surface area contributed by atoms with Gasteiger partial charge in [-0.1, -0.05) is 105 Å². The van der Waals surface area contributed by atoms with E-state index in [4.69, 9.17) is 0 Å². The Morgan fingerprint density at radius 3 is 1.06 bits per heavy atom. The van der Waals surface area contributed by atoms with Crippen LogP contribution < -0.4 is 20.4 Å². The third-order valence-corrected chi connectivity index (χ3v) is 4.73. The fourth-order valence-electron chi connectivity index (χ4n) is 1.86. The van der Waals surface area contributed by atoms with Crippen LogP contribution in [0.4, 0.5) is 0 Å². The summed E-state index contributed by atoms with van der Waals surface area (Å²) in [5.41, 5.74) is 1.21. The molecule has 2 heterocycles. The molecule has 0 bridgehead atoms. The minimum atomic E-state index is -0.221. The third-order valence-electron chi connectivity index (χ3n) is 3.42. The molecule has 4 rings (SSSR count). The molecular formula is C24H20Br2N2O4Ti. The van der Waals surface area contributed by atoms with E-state index in [1.165, 1.54) is 12.1 Å². The molecule has 0 unspecified atom stereocenters. The number of benzene rings is 2. The van der Waals surface area contributed by atoms with Gasteiger partial charge in [-0.05, 0) is 36.4 Å². The van der Waals surface area contributed by atoms with Gasteiger partial charge in [0.15, 0.2) is 0 Å². The van der Waals surface area contributed by atoms with Crippen LogP contribution in [0, 0.1) is 0 Å². The van der Waals surface area contributed by atoms with E-state index in [2.05, 4.69) is 41.8 Å². The van der Waals surface area contributed by atoms with Gasteiger partial charge in [0.25, 0.3) is 0 Å². The van der Waals surface area contributed by atoms with E-state index in [0.29, 0.717) is 20.3 Å². The van der Waals surface area contributed by atoms with E-state index in [9.17, 15) is 20.4 Å². The Morgan fingerprint density at radius 1 is 0.545 bits per heavy atom. The van der Waals surface area contributed by atoms with Crippen molar-refractivity contribution < 1.29 is 42.1 Å². The molecule has 0 spiro atoms. The number of hydrogen-bond donors (Lipinski definition) is 0. The van der Waals surface area contributed by atoms with Crippen molar-refractivity contribution in [1.82, 2.24) is 9.97 Å². The molecule has 0 N–H and O–H groups in total. The van der Waals surface area contributed by atoms with Crippen molar-refractivity contribution >= 4 is 31.9 Å². The van der Waals surface area contributed by atoms with Crippen molar-refractivity contribution in [2.45, 2.75) is 13.2 Å². The first-order valence-corrected chi connectivity index (χ1v) is 10.9. The second-order valence-electron chi connectivity index (χ2n) is 5.79. The summed E-state index contributed by atoms with van der Waals surface area (Å²) in [6.45, 7) is -0.443. The van der Waals surface area contributed by atoms with Crippen LogP contribution in [0.1, 0.15) is 11.4 Å². The molecule has 2 aromatic heterocycles. The van der Waals surface area contributed by atoms with Crippen molar-refractivity contribution in [3.05, 3.63) is 118 Å². The second kappa shape index (κ2) is 19.4. The Kier molecular flexibility index (Phi) is 18.2. The molecule has 9 heteroatoms. The smallest absolute Gasteiger partial charge is 0.872 e. The van der Waals surface area contributed by atoms with Crippen LogP contribution in [-0.4, -0.2) is 9.97 Å². The first kappa shape index (κ1) is 30.9. The quantitative estimate of drug-likeness (QED) is 0.323. The zero-order valence-corrected chi connectivity index (χ0v) is 22.2. The Hall–Kier alpha value is -2.07. The van der Waals surface area contributed by atoms with Crippen LogP contribution in [0.2, 0.25) is 0 Å². The van der Waals surface area contributed by atoms with Crippen molar-refractivity contribution in [2.75, 3.05) is 0 Å². The third kappa shape index (κ3) is 14.6. The SMILES string of the molecule is [O-]Cc1ccccn1.[O-]Cc1ccccn1.[O-]c1ccccc1Br.[O-]c1ccccc1Br.[Ti+4]. The molecule has 4 aromatic rings. The van der Waals surface area contributed by atoms with Gasteiger partial charge in [-0.3, -0.25) is 9.97 Å². The van der Waals surface area contributed by atoms with E-state index in [1.807, 2.05) is 12.1 Å². The van der Waals surface area contributed by atoms with Crippen LogP contribution in [0.5, 0.6) is 11.5 Å². The molecule has 2 aromatic carbocycles. The van der Waals surface area contributed by atoms with Gasteiger partial charge >= 0.3 is 21.7 Å². The summed E-state index contributed by atoms with van der Waals surface area (Å²) >= 11 is 6.17.